The van der Waals surface area contributed by atoms with Gasteiger partial charge < -0.3 is 10.6 Å². The smallest absolute Gasteiger partial charge is 0.153 e. The average molecular weight is 402 g/mol. The molecule has 0 spiro atoms. The van der Waals surface area contributed by atoms with E-state index < -0.39 is 0 Å². The maximum Gasteiger partial charge on any atom is 0.153 e. The first-order valence-electron chi connectivity index (χ1n) is 10.2. The number of benzene rings is 1. The normalized spacial score (nSPS) is 16.8. The summed E-state index contributed by atoms with van der Waals surface area (Å²) in [6, 6.07) is 16.6. The van der Waals surface area contributed by atoms with E-state index in [-0.39, 0.29) is 11.9 Å². The van der Waals surface area contributed by atoms with Crippen LogP contribution in [0.15, 0.2) is 60.8 Å². The first-order chi connectivity index (χ1) is 14.7. The van der Waals surface area contributed by atoms with Gasteiger partial charge in [0.2, 0.25) is 0 Å². The fourth-order valence-corrected chi connectivity index (χ4v) is 4.23. The molecule has 1 atom stereocenters. The van der Waals surface area contributed by atoms with E-state index in [4.69, 9.17) is 10.8 Å². The van der Waals surface area contributed by atoms with Crippen LogP contribution in [0.3, 0.4) is 0 Å². The number of nitrogen functional groups attached to an aromatic ring is 1. The van der Waals surface area contributed by atoms with Gasteiger partial charge in [0.05, 0.1) is 17.9 Å². The van der Waals surface area contributed by atoms with Gasteiger partial charge in [0.15, 0.2) is 5.65 Å². The van der Waals surface area contributed by atoms with Crippen molar-refractivity contribution >= 4 is 17.3 Å². The molecule has 1 unspecified atom stereocenters. The molecule has 5 rings (SSSR count). The van der Waals surface area contributed by atoms with Crippen LogP contribution >= 0.6 is 0 Å². The van der Waals surface area contributed by atoms with Gasteiger partial charge in [0.1, 0.15) is 17.5 Å². The molecule has 30 heavy (non-hydrogen) atoms. The fourth-order valence-electron chi connectivity index (χ4n) is 4.23. The minimum absolute atomic E-state index is 0.113. The lowest BCUT2D eigenvalue weighted by atomic mass is 9.95. The van der Waals surface area contributed by atoms with Crippen LogP contribution in [0.25, 0.3) is 5.65 Å². The van der Waals surface area contributed by atoms with E-state index in [1.54, 1.807) is 18.2 Å². The zero-order chi connectivity index (χ0) is 20.5. The molecule has 6 nitrogen and oxygen atoms in total. The quantitative estimate of drug-likeness (QED) is 0.555. The lowest BCUT2D eigenvalue weighted by Crippen LogP contribution is -2.34. The van der Waals surface area contributed by atoms with Crippen LogP contribution in [0.1, 0.15) is 42.3 Å². The van der Waals surface area contributed by atoms with E-state index in [2.05, 4.69) is 14.9 Å². The molecule has 4 aromatic rings. The van der Waals surface area contributed by atoms with Crippen LogP contribution in [0.5, 0.6) is 0 Å². The number of nitrogens with two attached hydrogens (primary N) is 1. The number of hydrogen-bond donors (Lipinski definition) is 1. The van der Waals surface area contributed by atoms with E-state index >= 15 is 0 Å². The maximum atomic E-state index is 13.8. The molecule has 0 saturated carbocycles. The van der Waals surface area contributed by atoms with Crippen molar-refractivity contribution in [2.75, 3.05) is 17.2 Å². The number of imidazole rings is 1. The van der Waals surface area contributed by atoms with E-state index in [1.807, 2.05) is 41.0 Å². The van der Waals surface area contributed by atoms with Gasteiger partial charge in [-0.3, -0.25) is 0 Å². The van der Waals surface area contributed by atoms with Crippen molar-refractivity contribution in [1.82, 2.24) is 19.6 Å². The van der Waals surface area contributed by atoms with E-state index in [9.17, 15) is 4.39 Å². The summed E-state index contributed by atoms with van der Waals surface area (Å²) in [6.45, 7) is 0.889. The molecular formula is C23H23FN6. The third-order valence-corrected chi connectivity index (χ3v) is 5.64. The molecule has 2 N–H and O–H groups in total. The second-order valence-electron chi connectivity index (χ2n) is 7.70. The summed E-state index contributed by atoms with van der Waals surface area (Å²) < 4.78 is 15.7. The molecule has 0 aliphatic carbocycles. The number of pyridine rings is 1. The largest absolute Gasteiger partial charge is 0.384 e. The van der Waals surface area contributed by atoms with Gasteiger partial charge in [0.25, 0.3) is 0 Å². The van der Waals surface area contributed by atoms with Gasteiger partial charge in [-0.05, 0) is 61.2 Å². The summed E-state index contributed by atoms with van der Waals surface area (Å²) in [5.41, 5.74) is 9.42. The zero-order valence-electron chi connectivity index (χ0n) is 16.6. The molecule has 4 heterocycles. The third-order valence-electron chi connectivity index (χ3n) is 5.64. The summed E-state index contributed by atoms with van der Waals surface area (Å²) in [5, 5.41) is 4.90. The molecule has 0 bridgehead atoms. The summed E-state index contributed by atoms with van der Waals surface area (Å²) in [5.74, 6) is 1.17. The highest BCUT2D eigenvalue weighted by molar-refractivity contribution is 5.49. The molecule has 152 valence electrons. The fraction of sp³-hybridized carbons (Fsp3) is 0.261. The minimum atomic E-state index is -0.201. The first kappa shape index (κ1) is 18.5. The Balaban J connectivity index is 1.50. The summed E-state index contributed by atoms with van der Waals surface area (Å²) in [4.78, 5) is 11.2. The molecule has 1 aliphatic rings. The Morgan fingerprint density at radius 2 is 1.97 bits per heavy atom. The van der Waals surface area contributed by atoms with Crippen LogP contribution in [0, 0.1) is 5.82 Å². The van der Waals surface area contributed by atoms with Crippen molar-refractivity contribution in [3.63, 3.8) is 0 Å². The number of halogens is 1. The topological polar surface area (TPSA) is 72.3 Å². The average Bonchev–Trinajstić information content (AvgIpc) is 3.16. The Hall–Kier alpha value is -3.48. The summed E-state index contributed by atoms with van der Waals surface area (Å²) >= 11 is 0. The van der Waals surface area contributed by atoms with Crippen LogP contribution in [0.2, 0.25) is 0 Å². The molecule has 1 fully saturated rings. The molecule has 0 radical (unpaired) electrons. The van der Waals surface area contributed by atoms with Crippen molar-refractivity contribution in [2.24, 2.45) is 0 Å². The second-order valence-corrected chi connectivity index (χ2v) is 7.70. The van der Waals surface area contributed by atoms with Crippen molar-refractivity contribution in [3.05, 3.63) is 83.6 Å². The van der Waals surface area contributed by atoms with Crippen molar-refractivity contribution in [1.29, 1.82) is 0 Å². The van der Waals surface area contributed by atoms with Gasteiger partial charge in [-0.25, -0.2) is 18.9 Å². The molecule has 1 aromatic carbocycles. The van der Waals surface area contributed by atoms with Crippen LogP contribution in [-0.4, -0.2) is 26.1 Å². The van der Waals surface area contributed by atoms with E-state index in [0.29, 0.717) is 12.2 Å². The van der Waals surface area contributed by atoms with Gasteiger partial charge >= 0.3 is 0 Å². The number of fused-ring (bicyclic) bond motifs is 1. The Morgan fingerprint density at radius 1 is 1.07 bits per heavy atom. The highest BCUT2D eigenvalue weighted by Gasteiger charge is 2.26. The van der Waals surface area contributed by atoms with Gasteiger partial charge in [-0.1, -0.05) is 18.2 Å². The minimum Gasteiger partial charge on any atom is -0.384 e. The lowest BCUT2D eigenvalue weighted by Gasteiger charge is -2.37. The zero-order valence-corrected chi connectivity index (χ0v) is 16.6. The lowest BCUT2D eigenvalue weighted by molar-refractivity contribution is 0.465. The highest BCUT2D eigenvalue weighted by atomic mass is 19.1. The van der Waals surface area contributed by atoms with Gasteiger partial charge in [0, 0.05) is 18.7 Å². The Kier molecular flexibility index (Phi) is 4.78. The molecule has 1 saturated heterocycles. The number of rotatable bonds is 4. The van der Waals surface area contributed by atoms with E-state index in [0.717, 1.165) is 54.2 Å². The third kappa shape index (κ3) is 3.58. The Bertz CT molecular complexity index is 1190. The number of nitrogens with zero attached hydrogens (tertiary/aromatic N) is 5. The van der Waals surface area contributed by atoms with E-state index in [1.165, 1.54) is 6.07 Å². The van der Waals surface area contributed by atoms with Crippen molar-refractivity contribution < 1.29 is 4.39 Å². The van der Waals surface area contributed by atoms with Crippen LogP contribution in [0.4, 0.5) is 16.0 Å². The number of hydrogen-bond acceptors (Lipinski definition) is 5. The summed E-state index contributed by atoms with van der Waals surface area (Å²) in [7, 11) is 0. The molecule has 3 aromatic heterocycles. The highest BCUT2D eigenvalue weighted by Crippen LogP contribution is 2.34. The van der Waals surface area contributed by atoms with Crippen LogP contribution < -0.4 is 10.6 Å². The molecule has 7 heteroatoms. The van der Waals surface area contributed by atoms with Gasteiger partial charge in [-0.15, -0.1) is 5.10 Å². The Morgan fingerprint density at radius 3 is 2.83 bits per heavy atom. The molecule has 1 aliphatic heterocycles. The maximum absolute atomic E-state index is 13.8. The monoisotopic (exact) mass is 402 g/mol. The number of piperidine rings is 1. The van der Waals surface area contributed by atoms with Gasteiger partial charge in [-0.2, -0.15) is 0 Å². The summed E-state index contributed by atoms with van der Waals surface area (Å²) in [6.07, 6.45) is 5.62. The Labute approximate surface area is 174 Å². The predicted molar refractivity (Wildman–Crippen MR) is 115 cm³/mol. The van der Waals surface area contributed by atoms with Crippen LogP contribution in [-0.2, 0) is 6.42 Å². The number of aromatic nitrogens is 4. The SMILES string of the molecule is Nc1cccc(Cc2cnc3ccc(N4CCCCC4c4cccc(F)c4)nn23)n1. The van der Waals surface area contributed by atoms with Crippen molar-refractivity contribution in [3.8, 4) is 0 Å². The second kappa shape index (κ2) is 7.74. The predicted octanol–water partition coefficient (Wildman–Crippen LogP) is 4.17. The number of anilines is 2. The standard InChI is InChI=1S/C23H23FN6/c24-17-6-3-5-16(13-17)20-8-1-2-12-29(20)23-11-10-22-26-15-19(30(22)28-23)14-18-7-4-9-21(25)27-18/h3-7,9-11,13,15,20H,1-2,8,12,14H2,(H2,25,27). The molecular weight excluding hydrogens is 379 g/mol. The molecule has 0 amide bonds. The van der Waals surface area contributed by atoms with Crippen molar-refractivity contribution in [2.45, 2.75) is 31.7 Å². The first-order valence-corrected chi connectivity index (χ1v) is 10.2.